The zero-order valence-electron chi connectivity index (χ0n) is 11.9. The molecule has 1 unspecified atom stereocenters. The zero-order chi connectivity index (χ0) is 13.4. The second-order valence-corrected chi connectivity index (χ2v) is 7.54. The van der Waals surface area contributed by atoms with Crippen LogP contribution in [0.3, 0.4) is 0 Å². The molecule has 1 aromatic carbocycles. The summed E-state index contributed by atoms with van der Waals surface area (Å²) in [6, 6.07) is 8.54. The molecule has 0 amide bonds. The third-order valence-corrected chi connectivity index (χ3v) is 5.98. The fourth-order valence-corrected chi connectivity index (χ4v) is 4.81. The number of aromatic nitrogens is 1. The Labute approximate surface area is 124 Å². The van der Waals surface area contributed by atoms with Crippen LogP contribution in [0, 0.1) is 5.92 Å². The summed E-state index contributed by atoms with van der Waals surface area (Å²) in [7, 11) is 0. The first-order chi connectivity index (χ1) is 9.86. The normalized spacial score (nSPS) is 27.6. The van der Waals surface area contributed by atoms with Crippen molar-refractivity contribution in [3.05, 3.63) is 29.3 Å². The van der Waals surface area contributed by atoms with E-state index in [-0.39, 0.29) is 0 Å². The number of thiazole rings is 1. The Bertz CT molecular complexity index is 559. The van der Waals surface area contributed by atoms with Gasteiger partial charge in [0.05, 0.1) is 15.2 Å². The summed E-state index contributed by atoms with van der Waals surface area (Å²) in [6.45, 7) is 1.20. The lowest BCUT2D eigenvalue weighted by atomic mass is 9.85. The Balaban J connectivity index is 1.63. The summed E-state index contributed by atoms with van der Waals surface area (Å²) in [5.41, 5.74) is 1.52. The van der Waals surface area contributed by atoms with Gasteiger partial charge < -0.3 is 5.32 Å². The van der Waals surface area contributed by atoms with Crippen LogP contribution in [0.4, 0.5) is 0 Å². The molecule has 2 nitrogen and oxygen atoms in total. The highest BCUT2D eigenvalue weighted by atomic mass is 32.1. The van der Waals surface area contributed by atoms with Gasteiger partial charge in [0.15, 0.2) is 0 Å². The van der Waals surface area contributed by atoms with Gasteiger partial charge in [-0.3, -0.25) is 0 Å². The Kier molecular flexibility index (Phi) is 3.27. The number of fused-ring (bicyclic) bond motifs is 1. The van der Waals surface area contributed by atoms with Gasteiger partial charge >= 0.3 is 0 Å². The molecule has 4 rings (SSSR count). The van der Waals surface area contributed by atoms with Crippen LogP contribution in [0.2, 0.25) is 0 Å². The number of benzene rings is 1. The van der Waals surface area contributed by atoms with Gasteiger partial charge in [0.2, 0.25) is 0 Å². The molecule has 1 aromatic heterocycles. The molecule has 20 heavy (non-hydrogen) atoms. The number of hydrogen-bond acceptors (Lipinski definition) is 3. The first kappa shape index (κ1) is 12.8. The molecule has 2 aromatic rings. The smallest absolute Gasteiger partial charge is 0.0957 e. The summed E-state index contributed by atoms with van der Waals surface area (Å²) < 4.78 is 1.34. The molecule has 0 bridgehead atoms. The van der Waals surface area contributed by atoms with E-state index in [9.17, 15) is 0 Å². The Morgan fingerprint density at radius 1 is 1.20 bits per heavy atom. The molecule has 1 N–H and O–H groups in total. The number of para-hydroxylation sites is 1. The highest BCUT2D eigenvalue weighted by Gasteiger charge is 2.45. The van der Waals surface area contributed by atoms with Crippen LogP contribution in [0.5, 0.6) is 0 Å². The standard InChI is InChI=1S/C17H22N2S/c1-4-10-17(13-8-9-13,18-11-5-1)12-16-19-14-6-2-3-7-15(14)20-16/h2-3,6-7,13,18H,1,4-5,8-12H2. The molecule has 1 aliphatic carbocycles. The lowest BCUT2D eigenvalue weighted by Crippen LogP contribution is -2.48. The highest BCUT2D eigenvalue weighted by molar-refractivity contribution is 7.18. The quantitative estimate of drug-likeness (QED) is 0.917. The monoisotopic (exact) mass is 286 g/mol. The van der Waals surface area contributed by atoms with Crippen molar-refractivity contribution >= 4 is 21.6 Å². The van der Waals surface area contributed by atoms with Crippen molar-refractivity contribution < 1.29 is 0 Å². The molecule has 2 heterocycles. The zero-order valence-corrected chi connectivity index (χ0v) is 12.7. The highest BCUT2D eigenvalue weighted by Crippen LogP contribution is 2.45. The Morgan fingerprint density at radius 2 is 2.10 bits per heavy atom. The van der Waals surface area contributed by atoms with Crippen LogP contribution >= 0.6 is 11.3 Å². The van der Waals surface area contributed by atoms with E-state index in [1.807, 2.05) is 11.3 Å². The number of nitrogens with one attached hydrogen (secondary N) is 1. The maximum Gasteiger partial charge on any atom is 0.0957 e. The van der Waals surface area contributed by atoms with Gasteiger partial charge in [-0.15, -0.1) is 11.3 Å². The van der Waals surface area contributed by atoms with Crippen molar-refractivity contribution in [2.45, 2.75) is 50.5 Å². The van der Waals surface area contributed by atoms with Crippen LogP contribution in [-0.4, -0.2) is 17.1 Å². The predicted molar refractivity (Wildman–Crippen MR) is 85.2 cm³/mol. The topological polar surface area (TPSA) is 24.9 Å². The van der Waals surface area contributed by atoms with Gasteiger partial charge in [-0.2, -0.15) is 0 Å². The minimum atomic E-state index is 0.352. The molecule has 1 saturated heterocycles. The van der Waals surface area contributed by atoms with Gasteiger partial charge in [0.25, 0.3) is 0 Å². The van der Waals surface area contributed by atoms with Crippen molar-refractivity contribution in [2.24, 2.45) is 5.92 Å². The fourth-order valence-electron chi connectivity index (χ4n) is 3.71. The van der Waals surface area contributed by atoms with Gasteiger partial charge in [-0.1, -0.05) is 25.0 Å². The third-order valence-electron chi connectivity index (χ3n) is 4.94. The second-order valence-electron chi connectivity index (χ2n) is 6.42. The van der Waals surface area contributed by atoms with E-state index in [4.69, 9.17) is 4.98 Å². The van der Waals surface area contributed by atoms with Crippen molar-refractivity contribution in [3.8, 4) is 0 Å². The maximum atomic E-state index is 4.87. The Hall–Kier alpha value is -0.930. The fraction of sp³-hybridized carbons (Fsp3) is 0.588. The van der Waals surface area contributed by atoms with E-state index in [1.165, 1.54) is 60.3 Å². The second kappa shape index (κ2) is 5.12. The van der Waals surface area contributed by atoms with Crippen LogP contribution in [0.25, 0.3) is 10.2 Å². The largest absolute Gasteiger partial charge is 0.311 e. The molecule has 1 saturated carbocycles. The summed E-state index contributed by atoms with van der Waals surface area (Å²) in [4.78, 5) is 4.87. The van der Waals surface area contributed by atoms with Gasteiger partial charge in [0, 0.05) is 12.0 Å². The first-order valence-corrected chi connectivity index (χ1v) is 8.77. The molecule has 0 spiro atoms. The third kappa shape index (κ3) is 2.38. The molecule has 1 atom stereocenters. The minimum absolute atomic E-state index is 0.352. The molecule has 106 valence electrons. The number of rotatable bonds is 3. The molecular formula is C17H22N2S. The predicted octanol–water partition coefficient (Wildman–Crippen LogP) is 4.15. The molecule has 0 radical (unpaired) electrons. The summed E-state index contributed by atoms with van der Waals surface area (Å²) >= 11 is 1.89. The lowest BCUT2D eigenvalue weighted by Gasteiger charge is -2.33. The van der Waals surface area contributed by atoms with Crippen molar-refractivity contribution in [1.82, 2.24) is 10.3 Å². The van der Waals surface area contributed by atoms with E-state index >= 15 is 0 Å². The van der Waals surface area contributed by atoms with Crippen LogP contribution in [-0.2, 0) is 6.42 Å². The molecule has 2 fully saturated rings. The van der Waals surface area contributed by atoms with Crippen LogP contribution in [0.1, 0.15) is 43.5 Å². The van der Waals surface area contributed by atoms with E-state index in [0.29, 0.717) is 5.54 Å². The summed E-state index contributed by atoms with van der Waals surface area (Å²) in [5, 5.41) is 5.24. The molecular weight excluding hydrogens is 264 g/mol. The van der Waals surface area contributed by atoms with Crippen molar-refractivity contribution in [3.63, 3.8) is 0 Å². The first-order valence-electron chi connectivity index (χ1n) is 7.95. The molecule has 3 heteroatoms. The average Bonchev–Trinajstić information content (AvgIpc) is 3.24. The summed E-state index contributed by atoms with van der Waals surface area (Å²) in [5.74, 6) is 0.896. The number of hydrogen-bond donors (Lipinski definition) is 1. The van der Waals surface area contributed by atoms with Gasteiger partial charge in [-0.25, -0.2) is 4.98 Å². The summed E-state index contributed by atoms with van der Waals surface area (Å²) in [6.07, 6.45) is 9.42. The van der Waals surface area contributed by atoms with Gasteiger partial charge in [0.1, 0.15) is 0 Å². The van der Waals surface area contributed by atoms with E-state index < -0.39 is 0 Å². The lowest BCUT2D eigenvalue weighted by molar-refractivity contribution is 0.271. The van der Waals surface area contributed by atoms with Crippen LogP contribution < -0.4 is 5.32 Å². The Morgan fingerprint density at radius 3 is 2.95 bits per heavy atom. The maximum absolute atomic E-state index is 4.87. The minimum Gasteiger partial charge on any atom is -0.311 e. The van der Waals surface area contributed by atoms with Gasteiger partial charge in [-0.05, 0) is 50.3 Å². The van der Waals surface area contributed by atoms with Crippen molar-refractivity contribution in [2.75, 3.05) is 6.54 Å². The molecule has 1 aliphatic heterocycles. The van der Waals surface area contributed by atoms with E-state index in [0.717, 1.165) is 12.3 Å². The average molecular weight is 286 g/mol. The van der Waals surface area contributed by atoms with E-state index in [1.54, 1.807) is 0 Å². The van der Waals surface area contributed by atoms with Crippen molar-refractivity contribution in [1.29, 1.82) is 0 Å². The van der Waals surface area contributed by atoms with E-state index in [2.05, 4.69) is 29.6 Å². The number of nitrogens with zero attached hydrogens (tertiary/aromatic N) is 1. The van der Waals surface area contributed by atoms with Crippen LogP contribution in [0.15, 0.2) is 24.3 Å². The molecule has 2 aliphatic rings. The SMILES string of the molecule is c1ccc2sc(CC3(C4CC4)CCCCCN3)nc2c1.